The highest BCUT2D eigenvalue weighted by molar-refractivity contribution is 6.66. The summed E-state index contributed by atoms with van der Waals surface area (Å²) in [6.45, 7) is 2.75. The van der Waals surface area contributed by atoms with Crippen LogP contribution in [0, 0.1) is 0 Å². The zero-order valence-corrected chi connectivity index (χ0v) is 10.5. The lowest BCUT2D eigenvalue weighted by Crippen LogP contribution is -2.37. The fourth-order valence-electron chi connectivity index (χ4n) is 1.34. The van der Waals surface area contributed by atoms with Crippen LogP contribution < -0.4 is 4.90 Å². The van der Waals surface area contributed by atoms with Crippen molar-refractivity contribution in [1.82, 2.24) is 15.0 Å². The monoisotopic (exact) mass is 282 g/mol. The molecule has 0 spiro atoms. The standard InChI is InChI=1S/C8H9Cl3N4O/c9-8(10,11)6-12-5-13-7(14-6)15-1-3-16-4-2-15/h5H,1-4H2. The van der Waals surface area contributed by atoms with Crippen molar-refractivity contribution in [2.45, 2.75) is 3.79 Å². The number of alkyl halides is 3. The number of rotatable bonds is 1. The molecule has 5 nitrogen and oxygen atoms in total. The molecule has 2 rings (SSSR count). The predicted octanol–water partition coefficient (Wildman–Crippen LogP) is 1.53. The molecule has 0 unspecified atom stereocenters. The summed E-state index contributed by atoms with van der Waals surface area (Å²) in [7, 11) is 0. The number of ether oxygens (including phenoxy) is 1. The minimum Gasteiger partial charge on any atom is -0.378 e. The zero-order valence-electron chi connectivity index (χ0n) is 8.24. The molecule has 1 aromatic rings. The number of hydrogen-bond acceptors (Lipinski definition) is 5. The molecule has 2 heterocycles. The lowest BCUT2D eigenvalue weighted by atomic mass is 10.4. The van der Waals surface area contributed by atoms with Crippen molar-refractivity contribution in [2.24, 2.45) is 0 Å². The van der Waals surface area contributed by atoms with Crippen LogP contribution in [0.4, 0.5) is 5.95 Å². The number of aromatic nitrogens is 3. The molecule has 16 heavy (non-hydrogen) atoms. The molecule has 0 radical (unpaired) electrons. The molecule has 8 heteroatoms. The number of hydrogen-bond donors (Lipinski definition) is 0. The maximum absolute atomic E-state index is 5.70. The average molecular weight is 284 g/mol. The fourth-order valence-corrected chi connectivity index (χ4v) is 1.61. The van der Waals surface area contributed by atoms with Crippen molar-refractivity contribution in [3.05, 3.63) is 12.2 Å². The second-order valence-electron chi connectivity index (χ2n) is 3.21. The van der Waals surface area contributed by atoms with Crippen LogP contribution in [-0.2, 0) is 8.53 Å². The molecule has 1 aliphatic rings. The maximum Gasteiger partial charge on any atom is 0.250 e. The molecule has 88 valence electrons. The summed E-state index contributed by atoms with van der Waals surface area (Å²) in [5.74, 6) is 0.647. The van der Waals surface area contributed by atoms with E-state index in [9.17, 15) is 0 Å². The van der Waals surface area contributed by atoms with Gasteiger partial charge in [-0.15, -0.1) is 0 Å². The molecule has 0 N–H and O–H groups in total. The first-order chi connectivity index (χ1) is 7.57. The Morgan fingerprint density at radius 2 is 1.88 bits per heavy atom. The molecule has 0 aromatic carbocycles. The summed E-state index contributed by atoms with van der Waals surface area (Å²) < 4.78 is 3.61. The van der Waals surface area contributed by atoms with Crippen molar-refractivity contribution in [3.8, 4) is 0 Å². The van der Waals surface area contributed by atoms with E-state index in [1.54, 1.807) is 0 Å². The van der Waals surface area contributed by atoms with Gasteiger partial charge in [0.25, 0.3) is 0 Å². The van der Waals surface area contributed by atoms with Crippen molar-refractivity contribution in [3.63, 3.8) is 0 Å². The molecule has 0 aliphatic carbocycles. The molecule has 1 aliphatic heterocycles. The second kappa shape index (κ2) is 4.87. The predicted molar refractivity (Wildman–Crippen MR) is 62.1 cm³/mol. The third kappa shape index (κ3) is 2.85. The first kappa shape index (κ1) is 12.1. The van der Waals surface area contributed by atoms with E-state index in [4.69, 9.17) is 39.5 Å². The van der Waals surface area contributed by atoms with E-state index in [0.717, 1.165) is 13.1 Å². The Labute approximate surface area is 108 Å². The van der Waals surface area contributed by atoms with Gasteiger partial charge in [0.15, 0.2) is 5.82 Å². The van der Waals surface area contributed by atoms with Crippen LogP contribution in [0.25, 0.3) is 0 Å². The number of anilines is 1. The smallest absolute Gasteiger partial charge is 0.250 e. The average Bonchev–Trinajstić information content (AvgIpc) is 2.29. The van der Waals surface area contributed by atoms with Gasteiger partial charge in [-0.2, -0.15) is 4.98 Å². The summed E-state index contributed by atoms with van der Waals surface area (Å²) in [5.41, 5.74) is 0. The zero-order chi connectivity index (χ0) is 11.6. The van der Waals surface area contributed by atoms with Crippen LogP contribution in [0.3, 0.4) is 0 Å². The van der Waals surface area contributed by atoms with Crippen LogP contribution in [0.5, 0.6) is 0 Å². The number of morpholine rings is 1. The van der Waals surface area contributed by atoms with E-state index in [0.29, 0.717) is 19.2 Å². The van der Waals surface area contributed by atoms with Crippen LogP contribution in [-0.4, -0.2) is 41.3 Å². The Kier molecular flexibility index (Phi) is 3.69. The van der Waals surface area contributed by atoms with Gasteiger partial charge in [-0.05, 0) is 0 Å². The Balaban J connectivity index is 2.21. The highest BCUT2D eigenvalue weighted by atomic mass is 35.6. The quantitative estimate of drug-likeness (QED) is 0.732. The van der Waals surface area contributed by atoms with Gasteiger partial charge < -0.3 is 9.64 Å². The first-order valence-corrected chi connectivity index (χ1v) is 5.80. The maximum atomic E-state index is 5.70. The van der Waals surface area contributed by atoms with E-state index in [1.165, 1.54) is 6.33 Å². The highest BCUT2D eigenvalue weighted by Gasteiger charge is 2.28. The van der Waals surface area contributed by atoms with E-state index in [1.807, 2.05) is 4.90 Å². The van der Waals surface area contributed by atoms with Gasteiger partial charge in [-0.25, -0.2) is 9.97 Å². The second-order valence-corrected chi connectivity index (χ2v) is 5.49. The molecular formula is C8H9Cl3N4O. The minimum absolute atomic E-state index is 0.133. The first-order valence-electron chi connectivity index (χ1n) is 4.66. The van der Waals surface area contributed by atoms with E-state index in [2.05, 4.69) is 15.0 Å². The normalized spacial score (nSPS) is 17.6. The van der Waals surface area contributed by atoms with Gasteiger partial charge in [-0.3, -0.25) is 0 Å². The molecule has 0 amide bonds. The van der Waals surface area contributed by atoms with Gasteiger partial charge >= 0.3 is 0 Å². The lowest BCUT2D eigenvalue weighted by molar-refractivity contribution is 0.122. The van der Waals surface area contributed by atoms with Crippen molar-refractivity contribution in [2.75, 3.05) is 31.2 Å². The summed E-state index contributed by atoms with van der Waals surface area (Å²) in [6, 6.07) is 0. The fraction of sp³-hybridized carbons (Fsp3) is 0.625. The molecule has 1 aromatic heterocycles. The molecule has 0 atom stereocenters. The minimum atomic E-state index is -1.62. The van der Waals surface area contributed by atoms with E-state index < -0.39 is 3.79 Å². The van der Waals surface area contributed by atoms with Crippen LogP contribution in [0.15, 0.2) is 6.33 Å². The van der Waals surface area contributed by atoms with E-state index >= 15 is 0 Å². The highest BCUT2D eigenvalue weighted by Crippen LogP contribution is 2.35. The third-order valence-corrected chi connectivity index (χ3v) is 2.61. The van der Waals surface area contributed by atoms with Crippen LogP contribution in [0.1, 0.15) is 5.82 Å². The molecule has 0 saturated carbocycles. The van der Waals surface area contributed by atoms with Gasteiger partial charge in [0.2, 0.25) is 9.74 Å². The summed E-state index contributed by atoms with van der Waals surface area (Å²) in [6.07, 6.45) is 1.34. The Bertz CT molecular complexity index is 365. The molecule has 1 fully saturated rings. The van der Waals surface area contributed by atoms with Crippen molar-refractivity contribution in [1.29, 1.82) is 0 Å². The van der Waals surface area contributed by atoms with E-state index in [-0.39, 0.29) is 5.82 Å². The third-order valence-electron chi connectivity index (χ3n) is 2.11. The lowest BCUT2D eigenvalue weighted by Gasteiger charge is -2.26. The number of nitrogens with zero attached hydrogens (tertiary/aromatic N) is 4. The SMILES string of the molecule is ClC(Cl)(Cl)c1ncnc(N2CCOCC2)n1. The van der Waals surface area contributed by atoms with Crippen LogP contribution in [0.2, 0.25) is 0 Å². The molecule has 1 saturated heterocycles. The van der Waals surface area contributed by atoms with Gasteiger partial charge in [0, 0.05) is 13.1 Å². The largest absolute Gasteiger partial charge is 0.378 e. The van der Waals surface area contributed by atoms with Crippen LogP contribution >= 0.6 is 34.8 Å². The van der Waals surface area contributed by atoms with Crippen molar-refractivity contribution < 1.29 is 4.74 Å². The Hall–Kier alpha value is -0.360. The van der Waals surface area contributed by atoms with Gasteiger partial charge in [0.05, 0.1) is 13.2 Å². The molecular weight excluding hydrogens is 274 g/mol. The van der Waals surface area contributed by atoms with Gasteiger partial charge in [0.1, 0.15) is 6.33 Å². The number of halogens is 3. The summed E-state index contributed by atoms with van der Waals surface area (Å²) >= 11 is 17.1. The summed E-state index contributed by atoms with van der Waals surface area (Å²) in [4.78, 5) is 14.0. The molecule has 0 bridgehead atoms. The Morgan fingerprint density at radius 3 is 2.50 bits per heavy atom. The topological polar surface area (TPSA) is 51.1 Å². The summed E-state index contributed by atoms with van der Waals surface area (Å²) in [5, 5.41) is 0. The van der Waals surface area contributed by atoms with Crippen molar-refractivity contribution >= 4 is 40.8 Å². The van der Waals surface area contributed by atoms with Gasteiger partial charge in [-0.1, -0.05) is 34.8 Å². The Morgan fingerprint density at radius 1 is 1.19 bits per heavy atom.